The van der Waals surface area contributed by atoms with Crippen LogP contribution in [0.5, 0.6) is 0 Å². The zero-order chi connectivity index (χ0) is 18.0. The zero-order valence-corrected chi connectivity index (χ0v) is 14.3. The first-order valence-electron chi connectivity index (χ1n) is 8.75. The average Bonchev–Trinajstić information content (AvgIpc) is 2.68. The summed E-state index contributed by atoms with van der Waals surface area (Å²) in [6.45, 7) is 0. The Hall–Kier alpha value is -2.82. The monoisotopic (exact) mass is 341 g/mol. The normalized spacial score (nSPS) is 18.8. The number of hydrogen-bond acceptors (Lipinski definition) is 3. The van der Waals surface area contributed by atoms with E-state index in [0.29, 0.717) is 5.46 Å². The smallest absolute Gasteiger partial charge is 0.423 e. The lowest BCUT2D eigenvalue weighted by molar-refractivity contribution is 0.426. The molecule has 3 aromatic rings. The van der Waals surface area contributed by atoms with Gasteiger partial charge in [0.05, 0.1) is 5.54 Å². The number of fused-ring (bicyclic) bond motifs is 1. The molecule has 26 heavy (non-hydrogen) atoms. The molecule has 0 amide bonds. The molecular weight excluding hydrogens is 321 g/mol. The molecule has 0 aliphatic heterocycles. The topological polar surface area (TPSA) is 52.5 Å². The van der Waals surface area contributed by atoms with Crippen molar-refractivity contribution in [2.75, 3.05) is 5.32 Å². The fourth-order valence-corrected chi connectivity index (χ4v) is 3.59. The van der Waals surface area contributed by atoms with E-state index in [1.165, 1.54) is 16.3 Å². The lowest BCUT2D eigenvalue weighted by Crippen LogP contribution is -2.34. The number of hydrogen-bond donors (Lipinski definition) is 3. The van der Waals surface area contributed by atoms with Gasteiger partial charge in [0.25, 0.3) is 0 Å². The van der Waals surface area contributed by atoms with Crippen molar-refractivity contribution in [3.8, 4) is 0 Å². The second-order valence-corrected chi connectivity index (χ2v) is 6.61. The first-order chi connectivity index (χ1) is 12.7. The van der Waals surface area contributed by atoms with Gasteiger partial charge in [-0.2, -0.15) is 0 Å². The first kappa shape index (κ1) is 16.6. The summed E-state index contributed by atoms with van der Waals surface area (Å²) >= 11 is 0. The van der Waals surface area contributed by atoms with E-state index in [0.717, 1.165) is 12.1 Å². The molecule has 1 atom stereocenters. The summed E-state index contributed by atoms with van der Waals surface area (Å²) in [6.07, 6.45) is 9.34. The van der Waals surface area contributed by atoms with E-state index in [4.69, 9.17) is 0 Å². The third-order valence-corrected chi connectivity index (χ3v) is 4.91. The summed E-state index contributed by atoms with van der Waals surface area (Å²) in [7, 11) is -1.45. The number of benzene rings is 3. The fraction of sp³-hybridized carbons (Fsp3) is 0.0909. The Bertz CT molecular complexity index is 974. The second-order valence-electron chi connectivity index (χ2n) is 6.61. The SMILES string of the molecule is OB(O)c1ccc(N[C@]2(c3cccc4ccccc34)C=CC=CC2)cc1. The number of nitrogens with one attached hydrogen (secondary N) is 1. The largest absolute Gasteiger partial charge is 0.488 e. The zero-order valence-electron chi connectivity index (χ0n) is 14.3. The van der Waals surface area contributed by atoms with Gasteiger partial charge in [-0.3, -0.25) is 0 Å². The van der Waals surface area contributed by atoms with E-state index >= 15 is 0 Å². The highest BCUT2D eigenvalue weighted by Gasteiger charge is 2.31. The molecule has 0 radical (unpaired) electrons. The third-order valence-electron chi connectivity index (χ3n) is 4.91. The van der Waals surface area contributed by atoms with Gasteiger partial charge in [-0.25, -0.2) is 0 Å². The number of anilines is 1. The molecule has 0 heterocycles. The van der Waals surface area contributed by atoms with Crippen LogP contribution in [0.25, 0.3) is 10.8 Å². The Morgan fingerprint density at radius 3 is 2.35 bits per heavy atom. The molecular formula is C22H20BNO2. The molecule has 0 spiro atoms. The second kappa shape index (κ2) is 6.83. The predicted octanol–water partition coefficient (Wildman–Crippen LogP) is 3.34. The third kappa shape index (κ3) is 3.05. The number of rotatable bonds is 4. The maximum absolute atomic E-state index is 9.30. The van der Waals surface area contributed by atoms with Crippen molar-refractivity contribution >= 4 is 29.0 Å². The Balaban J connectivity index is 1.79. The van der Waals surface area contributed by atoms with Crippen molar-refractivity contribution in [1.82, 2.24) is 0 Å². The van der Waals surface area contributed by atoms with Crippen molar-refractivity contribution in [3.63, 3.8) is 0 Å². The van der Waals surface area contributed by atoms with Crippen molar-refractivity contribution in [1.29, 1.82) is 0 Å². The molecule has 1 aliphatic carbocycles. The molecule has 0 aromatic heterocycles. The molecule has 3 N–H and O–H groups in total. The van der Waals surface area contributed by atoms with Crippen LogP contribution < -0.4 is 10.8 Å². The minimum atomic E-state index is -1.45. The van der Waals surface area contributed by atoms with Gasteiger partial charge >= 0.3 is 7.12 Å². The van der Waals surface area contributed by atoms with Crippen molar-refractivity contribution in [2.45, 2.75) is 12.0 Å². The predicted molar refractivity (Wildman–Crippen MR) is 108 cm³/mol. The molecule has 128 valence electrons. The lowest BCUT2D eigenvalue weighted by atomic mass is 9.79. The highest BCUT2D eigenvalue weighted by Crippen LogP contribution is 2.37. The van der Waals surface area contributed by atoms with Gasteiger partial charge in [-0.1, -0.05) is 78.9 Å². The van der Waals surface area contributed by atoms with E-state index in [1.54, 1.807) is 12.1 Å². The van der Waals surface area contributed by atoms with Crippen molar-refractivity contribution in [2.24, 2.45) is 0 Å². The van der Waals surface area contributed by atoms with Crippen molar-refractivity contribution < 1.29 is 10.0 Å². The Morgan fingerprint density at radius 2 is 1.62 bits per heavy atom. The Labute approximate surface area is 153 Å². The molecule has 0 unspecified atom stereocenters. The van der Waals surface area contributed by atoms with Gasteiger partial charge in [-0.05, 0) is 40.4 Å². The minimum absolute atomic E-state index is 0.352. The van der Waals surface area contributed by atoms with Gasteiger partial charge in [0.2, 0.25) is 0 Å². The first-order valence-corrected chi connectivity index (χ1v) is 8.75. The van der Waals surface area contributed by atoms with E-state index in [1.807, 2.05) is 12.1 Å². The van der Waals surface area contributed by atoms with Crippen LogP contribution in [0.3, 0.4) is 0 Å². The van der Waals surface area contributed by atoms with Gasteiger partial charge < -0.3 is 15.4 Å². The van der Waals surface area contributed by atoms with Gasteiger partial charge in [0, 0.05) is 5.69 Å². The van der Waals surface area contributed by atoms with Crippen LogP contribution in [0.15, 0.2) is 91.0 Å². The molecule has 3 aromatic carbocycles. The molecule has 0 saturated heterocycles. The van der Waals surface area contributed by atoms with Gasteiger partial charge in [0.15, 0.2) is 0 Å². The maximum Gasteiger partial charge on any atom is 0.488 e. The van der Waals surface area contributed by atoms with Crippen molar-refractivity contribution in [3.05, 3.63) is 96.6 Å². The Morgan fingerprint density at radius 1 is 0.846 bits per heavy atom. The molecule has 4 heteroatoms. The van der Waals surface area contributed by atoms with Crippen LogP contribution in [0.1, 0.15) is 12.0 Å². The molecule has 3 nitrogen and oxygen atoms in total. The van der Waals surface area contributed by atoms with E-state index < -0.39 is 7.12 Å². The van der Waals surface area contributed by atoms with Crippen LogP contribution in [-0.4, -0.2) is 17.2 Å². The molecule has 4 rings (SSSR count). The summed E-state index contributed by atoms with van der Waals surface area (Å²) in [5.74, 6) is 0. The molecule has 0 fully saturated rings. The lowest BCUT2D eigenvalue weighted by Gasteiger charge is -2.35. The highest BCUT2D eigenvalue weighted by molar-refractivity contribution is 6.58. The quantitative estimate of drug-likeness (QED) is 0.638. The highest BCUT2D eigenvalue weighted by atomic mass is 16.4. The maximum atomic E-state index is 9.30. The molecule has 1 aliphatic rings. The Kier molecular flexibility index (Phi) is 4.37. The van der Waals surface area contributed by atoms with Crippen LogP contribution in [-0.2, 0) is 5.54 Å². The van der Waals surface area contributed by atoms with Crippen LogP contribution in [0.2, 0.25) is 0 Å². The molecule has 0 bridgehead atoms. The van der Waals surface area contributed by atoms with Crippen LogP contribution >= 0.6 is 0 Å². The van der Waals surface area contributed by atoms with Crippen LogP contribution in [0.4, 0.5) is 5.69 Å². The van der Waals surface area contributed by atoms with Crippen LogP contribution in [0, 0.1) is 0 Å². The summed E-state index contributed by atoms with van der Waals surface area (Å²) in [6, 6.07) is 22.0. The van der Waals surface area contributed by atoms with E-state index in [2.05, 4.69) is 72.1 Å². The fourth-order valence-electron chi connectivity index (χ4n) is 3.59. The summed E-state index contributed by atoms with van der Waals surface area (Å²) in [5, 5.41) is 24.7. The molecule has 0 saturated carbocycles. The minimum Gasteiger partial charge on any atom is -0.423 e. The number of allylic oxidation sites excluding steroid dienone is 2. The summed E-state index contributed by atoms with van der Waals surface area (Å²) in [4.78, 5) is 0. The van der Waals surface area contributed by atoms with Gasteiger partial charge in [0.1, 0.15) is 0 Å². The average molecular weight is 341 g/mol. The standard InChI is InChI=1S/C22H20BNO2/c25-23(26)18-11-13-19(14-12-18)24-22(15-4-1-5-16-22)21-10-6-8-17-7-2-3-9-20(17)21/h1-15,24-26H,16H2/t22-/m1/s1. The summed E-state index contributed by atoms with van der Waals surface area (Å²) < 4.78 is 0. The summed E-state index contributed by atoms with van der Waals surface area (Å²) in [5.41, 5.74) is 2.29. The van der Waals surface area contributed by atoms with E-state index in [-0.39, 0.29) is 5.54 Å². The van der Waals surface area contributed by atoms with E-state index in [9.17, 15) is 10.0 Å². The van der Waals surface area contributed by atoms with Gasteiger partial charge in [-0.15, -0.1) is 0 Å².